The zero-order valence-electron chi connectivity index (χ0n) is 14.6. The third-order valence-electron chi connectivity index (χ3n) is 4.27. The van der Waals surface area contributed by atoms with Crippen LogP contribution < -0.4 is 10.2 Å². The predicted molar refractivity (Wildman–Crippen MR) is 105 cm³/mol. The number of amides is 2. The minimum Gasteiger partial charge on any atom is -0.420 e. The Labute approximate surface area is 165 Å². The first-order valence-electron chi connectivity index (χ1n) is 8.49. The van der Waals surface area contributed by atoms with Gasteiger partial charge in [-0.2, -0.15) is 0 Å². The summed E-state index contributed by atoms with van der Waals surface area (Å²) in [4.78, 5) is 35.1. The summed E-state index contributed by atoms with van der Waals surface area (Å²) in [6, 6.07) is 13.9. The lowest BCUT2D eigenvalue weighted by Gasteiger charge is -2.24. The Morgan fingerprint density at radius 1 is 1.21 bits per heavy atom. The molecule has 3 heterocycles. The number of fused-ring (bicyclic) bond motifs is 2. The van der Waals surface area contributed by atoms with Crippen molar-refractivity contribution in [3.63, 3.8) is 0 Å². The monoisotopic (exact) mass is 394 g/mol. The maximum absolute atomic E-state index is 13.0. The molecule has 1 unspecified atom stereocenters. The van der Waals surface area contributed by atoms with Gasteiger partial charge < -0.3 is 10.1 Å². The molecule has 1 atom stereocenters. The van der Waals surface area contributed by atoms with Crippen LogP contribution in [0.2, 0.25) is 5.15 Å². The average Bonchev–Trinajstić information content (AvgIpc) is 2.98. The number of carbonyl (C=O) groups is 2. The van der Waals surface area contributed by atoms with Crippen LogP contribution in [0.1, 0.15) is 22.1 Å². The summed E-state index contributed by atoms with van der Waals surface area (Å²) >= 11 is 5.96. The van der Waals surface area contributed by atoms with Crippen molar-refractivity contribution < 1.29 is 14.3 Å². The number of anilines is 1. The van der Waals surface area contributed by atoms with Crippen LogP contribution in [0.5, 0.6) is 0 Å². The number of hydrogen-bond acceptors (Lipinski definition) is 5. The quantitative estimate of drug-likeness (QED) is 0.536. The van der Waals surface area contributed by atoms with E-state index < -0.39 is 12.3 Å². The summed E-state index contributed by atoms with van der Waals surface area (Å²) in [5.41, 5.74) is 1.43. The average molecular weight is 395 g/mol. The molecule has 2 aromatic heterocycles. The van der Waals surface area contributed by atoms with Crippen molar-refractivity contribution in [3.05, 3.63) is 77.5 Å². The molecule has 1 aromatic carbocycles. The molecule has 8 heteroatoms. The van der Waals surface area contributed by atoms with Crippen LogP contribution in [0.15, 0.2) is 61.2 Å². The minimum absolute atomic E-state index is 0.248. The predicted octanol–water partition coefficient (Wildman–Crippen LogP) is 3.85. The van der Waals surface area contributed by atoms with Gasteiger partial charge in [0.25, 0.3) is 5.91 Å². The number of nitrogens with one attached hydrogen (secondary N) is 1. The van der Waals surface area contributed by atoms with Crippen LogP contribution in [-0.2, 0) is 4.74 Å². The number of hydrogen-bond donors (Lipinski definition) is 1. The number of benzene rings is 1. The molecule has 1 N–H and O–H groups in total. The molecule has 140 valence electrons. The van der Waals surface area contributed by atoms with E-state index >= 15 is 0 Å². The lowest BCUT2D eigenvalue weighted by molar-refractivity contribution is 0.0835. The van der Waals surface area contributed by atoms with Crippen molar-refractivity contribution in [2.75, 3.05) is 11.4 Å². The maximum atomic E-state index is 13.0. The molecule has 0 aliphatic carbocycles. The fourth-order valence-corrected chi connectivity index (χ4v) is 3.16. The van der Waals surface area contributed by atoms with E-state index in [0.29, 0.717) is 27.7 Å². The highest BCUT2D eigenvalue weighted by atomic mass is 35.5. The number of nitrogens with zero attached hydrogens (tertiary/aromatic N) is 3. The Balaban J connectivity index is 1.76. The van der Waals surface area contributed by atoms with Crippen LogP contribution in [0, 0.1) is 0 Å². The molecule has 1 aliphatic heterocycles. The molecule has 0 saturated heterocycles. The number of halogens is 1. The van der Waals surface area contributed by atoms with Gasteiger partial charge in [0.15, 0.2) is 5.65 Å². The van der Waals surface area contributed by atoms with Crippen LogP contribution in [0.25, 0.3) is 11.0 Å². The third-order valence-corrected chi connectivity index (χ3v) is 4.48. The van der Waals surface area contributed by atoms with Crippen molar-refractivity contribution >= 4 is 40.5 Å². The first kappa shape index (κ1) is 17.9. The van der Waals surface area contributed by atoms with Crippen LogP contribution >= 0.6 is 11.6 Å². The maximum Gasteiger partial charge on any atom is 0.409 e. The van der Waals surface area contributed by atoms with Crippen LogP contribution in [0.3, 0.4) is 0 Å². The Bertz CT molecular complexity index is 1100. The highest BCUT2D eigenvalue weighted by Gasteiger charge is 2.41. The molecule has 0 saturated carbocycles. The summed E-state index contributed by atoms with van der Waals surface area (Å²) in [6.07, 6.45) is -0.0772. The lowest BCUT2D eigenvalue weighted by Crippen LogP contribution is -2.34. The van der Waals surface area contributed by atoms with E-state index in [2.05, 4.69) is 21.9 Å². The van der Waals surface area contributed by atoms with E-state index in [-0.39, 0.29) is 12.5 Å². The minimum atomic E-state index is -0.947. The van der Waals surface area contributed by atoms with E-state index in [1.807, 2.05) is 0 Å². The normalized spacial score (nSPS) is 15.4. The first-order chi connectivity index (χ1) is 13.6. The number of carbonyl (C=O) groups excluding carboxylic acids is 2. The first-order valence-corrected chi connectivity index (χ1v) is 8.87. The summed E-state index contributed by atoms with van der Waals surface area (Å²) in [6.45, 7) is 3.80. The Morgan fingerprint density at radius 2 is 2.00 bits per heavy atom. The molecular formula is C20H15ClN4O3. The Morgan fingerprint density at radius 3 is 2.82 bits per heavy atom. The molecule has 0 radical (unpaired) electrons. The van der Waals surface area contributed by atoms with Gasteiger partial charge in [-0.25, -0.2) is 14.8 Å². The topological polar surface area (TPSA) is 84.4 Å². The highest BCUT2D eigenvalue weighted by molar-refractivity contribution is 6.29. The van der Waals surface area contributed by atoms with Crippen molar-refractivity contribution in [2.45, 2.75) is 6.23 Å². The van der Waals surface area contributed by atoms with Gasteiger partial charge in [-0.15, -0.1) is 6.58 Å². The van der Waals surface area contributed by atoms with Gasteiger partial charge in [-0.1, -0.05) is 35.9 Å². The number of pyridine rings is 2. The van der Waals surface area contributed by atoms with Crippen LogP contribution in [0.4, 0.5) is 10.6 Å². The zero-order valence-corrected chi connectivity index (χ0v) is 15.4. The number of rotatable bonds is 4. The van der Waals surface area contributed by atoms with Crippen molar-refractivity contribution in [1.82, 2.24) is 15.3 Å². The van der Waals surface area contributed by atoms with E-state index in [4.69, 9.17) is 16.3 Å². The third kappa shape index (κ3) is 3.16. The molecule has 28 heavy (non-hydrogen) atoms. The van der Waals surface area contributed by atoms with Gasteiger partial charge in [0.1, 0.15) is 11.0 Å². The van der Waals surface area contributed by atoms with Crippen LogP contribution in [-0.4, -0.2) is 28.5 Å². The fourth-order valence-electron chi connectivity index (χ4n) is 3.02. The van der Waals surface area contributed by atoms with Gasteiger partial charge in [0.05, 0.1) is 0 Å². The van der Waals surface area contributed by atoms with Gasteiger partial charge >= 0.3 is 6.09 Å². The van der Waals surface area contributed by atoms with Gasteiger partial charge in [-0.05, 0) is 30.3 Å². The summed E-state index contributed by atoms with van der Waals surface area (Å²) in [5, 5.41) is 3.62. The second-order valence-electron chi connectivity index (χ2n) is 6.04. The van der Waals surface area contributed by atoms with E-state index in [1.165, 1.54) is 11.0 Å². The number of aromatic nitrogens is 2. The van der Waals surface area contributed by atoms with Gasteiger partial charge in [-0.3, -0.25) is 9.69 Å². The smallest absolute Gasteiger partial charge is 0.409 e. The van der Waals surface area contributed by atoms with E-state index in [1.54, 1.807) is 48.5 Å². The molecule has 4 rings (SSSR count). The molecule has 0 spiro atoms. The summed E-state index contributed by atoms with van der Waals surface area (Å²) in [7, 11) is 0. The molecule has 7 nitrogen and oxygen atoms in total. The zero-order chi connectivity index (χ0) is 19.7. The molecule has 2 amide bonds. The number of ether oxygens (including phenoxy) is 1. The molecular weight excluding hydrogens is 380 g/mol. The molecule has 1 aliphatic rings. The second-order valence-corrected chi connectivity index (χ2v) is 6.43. The highest BCUT2D eigenvalue weighted by Crippen LogP contribution is 2.37. The Hall–Kier alpha value is -3.45. The van der Waals surface area contributed by atoms with Gasteiger partial charge in [0, 0.05) is 23.1 Å². The molecule has 0 bridgehead atoms. The lowest BCUT2D eigenvalue weighted by atomic mass is 10.1. The second kappa shape index (κ2) is 7.28. The van der Waals surface area contributed by atoms with Crippen molar-refractivity contribution in [3.8, 4) is 0 Å². The summed E-state index contributed by atoms with van der Waals surface area (Å²) < 4.78 is 5.53. The summed E-state index contributed by atoms with van der Waals surface area (Å²) in [5.74, 6) is -0.00372. The Kier molecular flexibility index (Phi) is 4.67. The van der Waals surface area contributed by atoms with Gasteiger partial charge in [0.2, 0.25) is 6.23 Å². The molecule has 3 aromatic rings. The van der Waals surface area contributed by atoms with Crippen molar-refractivity contribution in [1.29, 1.82) is 0 Å². The van der Waals surface area contributed by atoms with E-state index in [0.717, 1.165) is 5.39 Å². The van der Waals surface area contributed by atoms with E-state index in [9.17, 15) is 9.59 Å². The number of alkyl carbamates (subject to hydrolysis) is 1. The standard InChI is InChI=1S/C20H15ClN4O3/c1-2-11-22-20(27)28-19-14-6-4-3-5-13(14)18(26)25(19)16-10-8-12-7-9-15(21)23-17(12)24-16/h2-10,19H,1,11H2,(H,22,27). The van der Waals surface area contributed by atoms with Crippen molar-refractivity contribution in [2.24, 2.45) is 0 Å². The SMILES string of the molecule is C=CCNC(=O)OC1c2ccccc2C(=O)N1c1ccc2ccc(Cl)nc2n1. The molecule has 0 fully saturated rings. The fraction of sp³-hybridized carbons (Fsp3) is 0.100. The largest absolute Gasteiger partial charge is 0.420 e.